The van der Waals surface area contributed by atoms with Gasteiger partial charge in [0.1, 0.15) is 0 Å². The molecule has 10 heteroatoms. The first-order chi connectivity index (χ1) is 14.6. The van der Waals surface area contributed by atoms with E-state index in [4.69, 9.17) is 5.21 Å². The molecule has 3 rings (SSSR count). The first kappa shape index (κ1) is 23.0. The first-order valence-electron chi connectivity index (χ1n) is 9.55. The van der Waals surface area contributed by atoms with Gasteiger partial charge in [0.2, 0.25) is 0 Å². The number of aromatic nitrogens is 1. The summed E-state index contributed by atoms with van der Waals surface area (Å²) in [7, 11) is -4.09. The van der Waals surface area contributed by atoms with Crippen molar-refractivity contribution in [3.63, 3.8) is 0 Å². The number of nitrogens with one attached hydrogen (secondary N) is 1. The summed E-state index contributed by atoms with van der Waals surface area (Å²) in [5.74, 6) is -0.982. The molecule has 0 fully saturated rings. The average molecular weight is 454 g/mol. The summed E-state index contributed by atoms with van der Waals surface area (Å²) in [4.78, 5) is 16.3. The van der Waals surface area contributed by atoms with Crippen molar-refractivity contribution < 1.29 is 31.6 Å². The van der Waals surface area contributed by atoms with E-state index in [0.29, 0.717) is 16.8 Å². The van der Waals surface area contributed by atoms with Crippen LogP contribution in [-0.4, -0.2) is 35.4 Å². The summed E-state index contributed by atoms with van der Waals surface area (Å²) in [6.45, 7) is 0. The SMILES string of the molecule is O=C(NO)C1(S(=O)(=O)c2ccc(-c3ccc(CCCC(F)(F)F)cn3)cc2)CC=CC1. The maximum atomic E-state index is 13.1. The monoisotopic (exact) mass is 454 g/mol. The Bertz CT molecular complexity index is 1060. The van der Waals surface area contributed by atoms with E-state index in [1.807, 2.05) is 0 Å². The molecule has 0 bridgehead atoms. The number of aryl methyl sites for hydroxylation is 1. The summed E-state index contributed by atoms with van der Waals surface area (Å²) in [5, 5.41) is 9.02. The fourth-order valence-electron chi connectivity index (χ4n) is 3.53. The van der Waals surface area contributed by atoms with Crippen molar-refractivity contribution >= 4 is 15.7 Å². The molecular weight excluding hydrogens is 433 g/mol. The van der Waals surface area contributed by atoms with Crippen molar-refractivity contribution in [2.45, 2.75) is 47.9 Å². The Morgan fingerprint density at radius 1 is 1.10 bits per heavy atom. The molecule has 1 aliphatic carbocycles. The number of rotatable bonds is 7. The number of allylic oxidation sites excluding steroid dienone is 2. The van der Waals surface area contributed by atoms with Crippen LogP contribution in [0.3, 0.4) is 0 Å². The number of sulfone groups is 1. The van der Waals surface area contributed by atoms with Crippen molar-refractivity contribution in [2.24, 2.45) is 0 Å². The summed E-state index contributed by atoms with van der Waals surface area (Å²) in [5.41, 5.74) is 3.29. The molecule has 2 aromatic rings. The van der Waals surface area contributed by atoms with Crippen LogP contribution in [0.5, 0.6) is 0 Å². The lowest BCUT2D eigenvalue weighted by atomic mass is 10.1. The summed E-state index contributed by atoms with van der Waals surface area (Å²) < 4.78 is 61.2. The van der Waals surface area contributed by atoms with Crippen LogP contribution >= 0.6 is 0 Å². The van der Waals surface area contributed by atoms with E-state index in [9.17, 15) is 26.4 Å². The lowest BCUT2D eigenvalue weighted by molar-refractivity contribution is -0.135. The summed E-state index contributed by atoms with van der Waals surface area (Å²) >= 11 is 0. The summed E-state index contributed by atoms with van der Waals surface area (Å²) in [6.07, 6.45) is -0.204. The van der Waals surface area contributed by atoms with Crippen LogP contribution in [-0.2, 0) is 21.1 Å². The zero-order chi connectivity index (χ0) is 22.7. The number of carbonyl (C=O) groups is 1. The molecule has 0 unspecified atom stereocenters. The predicted molar refractivity (Wildman–Crippen MR) is 107 cm³/mol. The molecule has 0 aliphatic heterocycles. The van der Waals surface area contributed by atoms with Crippen LogP contribution < -0.4 is 5.48 Å². The Kier molecular flexibility index (Phi) is 6.51. The van der Waals surface area contributed by atoms with Gasteiger partial charge in [0, 0.05) is 18.2 Å². The molecular formula is C21H21F3N2O4S. The van der Waals surface area contributed by atoms with Crippen molar-refractivity contribution in [3.8, 4) is 11.3 Å². The number of pyridine rings is 1. The van der Waals surface area contributed by atoms with E-state index in [0.717, 1.165) is 0 Å². The summed E-state index contributed by atoms with van der Waals surface area (Å²) in [6, 6.07) is 9.18. The van der Waals surface area contributed by atoms with Gasteiger partial charge in [0.05, 0.1) is 10.6 Å². The zero-order valence-corrected chi connectivity index (χ0v) is 17.2. The molecule has 1 aliphatic rings. The van der Waals surface area contributed by atoms with Crippen LogP contribution in [0.1, 0.15) is 31.2 Å². The van der Waals surface area contributed by atoms with Gasteiger partial charge >= 0.3 is 6.18 Å². The molecule has 1 aromatic heterocycles. The second-order valence-electron chi connectivity index (χ2n) is 7.36. The highest BCUT2D eigenvalue weighted by molar-refractivity contribution is 7.93. The van der Waals surface area contributed by atoms with Gasteiger partial charge in [-0.25, -0.2) is 13.9 Å². The number of hydroxylamine groups is 1. The topological polar surface area (TPSA) is 96.4 Å². The highest BCUT2D eigenvalue weighted by Crippen LogP contribution is 2.37. The number of carbonyl (C=O) groups excluding carboxylic acids is 1. The van der Waals surface area contributed by atoms with Crippen LogP contribution in [0.2, 0.25) is 0 Å². The maximum absolute atomic E-state index is 13.1. The van der Waals surface area contributed by atoms with Gasteiger partial charge in [-0.2, -0.15) is 13.2 Å². The maximum Gasteiger partial charge on any atom is 0.389 e. The van der Waals surface area contributed by atoms with Gasteiger partial charge in [0.25, 0.3) is 5.91 Å². The zero-order valence-electron chi connectivity index (χ0n) is 16.4. The van der Waals surface area contributed by atoms with Gasteiger partial charge in [0.15, 0.2) is 14.6 Å². The second-order valence-corrected chi connectivity index (χ2v) is 9.62. The Morgan fingerprint density at radius 2 is 1.74 bits per heavy atom. The average Bonchev–Trinajstić information content (AvgIpc) is 3.25. The third-order valence-electron chi connectivity index (χ3n) is 5.30. The minimum atomic E-state index is -4.18. The van der Waals surface area contributed by atoms with Crippen molar-refractivity contribution in [1.29, 1.82) is 0 Å². The Balaban J connectivity index is 1.76. The molecule has 1 amide bonds. The minimum Gasteiger partial charge on any atom is -0.289 e. The Labute approximate surface area is 177 Å². The number of hydrogen-bond donors (Lipinski definition) is 2. The second kappa shape index (κ2) is 8.80. The number of benzene rings is 1. The van der Waals surface area contributed by atoms with Crippen molar-refractivity contribution in [1.82, 2.24) is 10.5 Å². The lowest BCUT2D eigenvalue weighted by Gasteiger charge is -2.26. The number of nitrogens with zero attached hydrogens (tertiary/aromatic N) is 1. The van der Waals surface area contributed by atoms with E-state index < -0.39 is 33.1 Å². The first-order valence-corrected chi connectivity index (χ1v) is 11.0. The largest absolute Gasteiger partial charge is 0.389 e. The smallest absolute Gasteiger partial charge is 0.289 e. The van der Waals surface area contributed by atoms with Gasteiger partial charge in [-0.1, -0.05) is 30.4 Å². The third-order valence-corrected chi connectivity index (χ3v) is 7.74. The number of amides is 1. The molecule has 1 heterocycles. The molecule has 0 saturated carbocycles. The van der Waals surface area contributed by atoms with Gasteiger partial charge < -0.3 is 0 Å². The fourth-order valence-corrected chi connectivity index (χ4v) is 5.39. The van der Waals surface area contributed by atoms with Crippen LogP contribution in [0, 0.1) is 0 Å². The van der Waals surface area contributed by atoms with E-state index >= 15 is 0 Å². The van der Waals surface area contributed by atoms with E-state index in [1.54, 1.807) is 36.4 Å². The standard InChI is InChI=1S/C21H21F3N2O4S/c22-21(23,24)13-3-4-15-5-10-18(25-14-15)16-6-8-17(9-7-16)31(29,30)20(19(27)26-28)11-1-2-12-20/h1-2,5-10,14,28H,3-4,11-13H2,(H,26,27). The predicted octanol–water partition coefficient (Wildman–Crippen LogP) is 4.00. The number of alkyl halides is 3. The molecule has 6 nitrogen and oxygen atoms in total. The molecule has 1 aromatic carbocycles. The molecule has 0 saturated heterocycles. The van der Waals surface area contributed by atoms with Crippen molar-refractivity contribution in [2.75, 3.05) is 0 Å². The third kappa shape index (κ3) is 4.80. The van der Waals surface area contributed by atoms with E-state index in [-0.39, 0.29) is 30.6 Å². The minimum absolute atomic E-state index is 0.0187. The van der Waals surface area contributed by atoms with E-state index in [2.05, 4.69) is 4.98 Å². The van der Waals surface area contributed by atoms with Gasteiger partial charge in [-0.3, -0.25) is 15.0 Å². The molecule has 0 atom stereocenters. The highest BCUT2D eigenvalue weighted by atomic mass is 32.2. The lowest BCUT2D eigenvalue weighted by Crippen LogP contribution is -2.50. The van der Waals surface area contributed by atoms with Crippen LogP contribution in [0.25, 0.3) is 11.3 Å². The van der Waals surface area contributed by atoms with Gasteiger partial charge in [-0.15, -0.1) is 0 Å². The molecule has 2 N–H and O–H groups in total. The molecule has 31 heavy (non-hydrogen) atoms. The van der Waals surface area contributed by atoms with E-state index in [1.165, 1.54) is 23.8 Å². The normalized spacial score (nSPS) is 15.7. The van der Waals surface area contributed by atoms with Crippen molar-refractivity contribution in [3.05, 3.63) is 60.3 Å². The number of hydrogen-bond acceptors (Lipinski definition) is 5. The van der Waals surface area contributed by atoms with Crippen LogP contribution in [0.15, 0.2) is 59.6 Å². The molecule has 0 spiro atoms. The van der Waals surface area contributed by atoms with Gasteiger partial charge in [-0.05, 0) is 49.4 Å². The quantitative estimate of drug-likeness (QED) is 0.375. The number of halogens is 3. The fraction of sp³-hybridized carbons (Fsp3) is 0.333. The Morgan fingerprint density at radius 3 is 2.26 bits per heavy atom. The highest BCUT2D eigenvalue weighted by Gasteiger charge is 2.51. The van der Waals surface area contributed by atoms with Crippen LogP contribution in [0.4, 0.5) is 13.2 Å². The molecule has 166 valence electrons. The Hall–Kier alpha value is -2.72. The molecule has 0 radical (unpaired) electrons.